The molecule has 1 heterocycles. The van der Waals surface area contributed by atoms with Gasteiger partial charge in [-0.2, -0.15) is 18.3 Å². The van der Waals surface area contributed by atoms with Crippen molar-refractivity contribution in [1.82, 2.24) is 5.32 Å². The topological polar surface area (TPSA) is 63.1 Å². The zero-order valence-electron chi connectivity index (χ0n) is 14.7. The lowest BCUT2D eigenvalue weighted by Gasteiger charge is -2.10. The first-order chi connectivity index (χ1) is 13.3. The van der Waals surface area contributed by atoms with Gasteiger partial charge in [0.25, 0.3) is 0 Å². The predicted octanol–water partition coefficient (Wildman–Crippen LogP) is 3.88. The van der Waals surface area contributed by atoms with Crippen LogP contribution in [-0.2, 0) is 17.4 Å². The van der Waals surface area contributed by atoms with Crippen molar-refractivity contribution in [3.05, 3.63) is 65.2 Å². The number of nitrogens with one attached hydrogen (secondary N) is 1. The van der Waals surface area contributed by atoms with Crippen LogP contribution >= 0.6 is 11.8 Å². The zero-order chi connectivity index (χ0) is 20.1. The van der Waals surface area contributed by atoms with E-state index >= 15 is 0 Å². The molecular weight excluding hydrogens is 391 g/mol. The van der Waals surface area contributed by atoms with Crippen molar-refractivity contribution in [2.24, 2.45) is 10.2 Å². The molecule has 146 valence electrons. The summed E-state index contributed by atoms with van der Waals surface area (Å²) < 4.78 is 43.5. The molecule has 0 bridgehead atoms. The molecule has 1 aliphatic rings. The summed E-state index contributed by atoms with van der Waals surface area (Å²) in [5.41, 5.74) is 0.511. The van der Waals surface area contributed by atoms with E-state index in [-0.39, 0.29) is 12.3 Å². The number of nitrogens with zero attached hydrogens (tertiary/aromatic N) is 2. The molecule has 0 saturated carbocycles. The van der Waals surface area contributed by atoms with Crippen molar-refractivity contribution in [3.8, 4) is 5.75 Å². The van der Waals surface area contributed by atoms with E-state index in [2.05, 4.69) is 15.5 Å². The second kappa shape index (κ2) is 8.47. The summed E-state index contributed by atoms with van der Waals surface area (Å²) in [6, 6.07) is 12.1. The third kappa shape index (κ3) is 5.13. The Labute approximate surface area is 163 Å². The molecule has 9 heteroatoms. The summed E-state index contributed by atoms with van der Waals surface area (Å²) in [5, 5.41) is 10.3. The number of methoxy groups -OCH3 is 1. The molecule has 5 nitrogen and oxygen atoms in total. The third-order valence-electron chi connectivity index (χ3n) is 3.92. The average Bonchev–Trinajstić information content (AvgIpc) is 3.01. The number of halogens is 3. The number of hydrogen-bond acceptors (Lipinski definition) is 5. The summed E-state index contributed by atoms with van der Waals surface area (Å²) in [4.78, 5) is 12.1. The largest absolute Gasteiger partial charge is 0.497 e. The van der Waals surface area contributed by atoms with Crippen molar-refractivity contribution in [2.75, 3.05) is 7.11 Å². The fourth-order valence-electron chi connectivity index (χ4n) is 2.51. The highest BCUT2D eigenvalue weighted by molar-refractivity contribution is 8.15. The Kier molecular flexibility index (Phi) is 6.03. The Balaban J connectivity index is 1.63. The van der Waals surface area contributed by atoms with E-state index in [4.69, 9.17) is 4.74 Å². The number of benzene rings is 2. The summed E-state index contributed by atoms with van der Waals surface area (Å²) in [6.45, 7) is 0. The fraction of sp³-hybridized carbons (Fsp3) is 0.211. The van der Waals surface area contributed by atoms with Gasteiger partial charge >= 0.3 is 6.18 Å². The van der Waals surface area contributed by atoms with Gasteiger partial charge in [-0.05, 0) is 47.9 Å². The second-order valence-corrected chi connectivity index (χ2v) is 7.11. The van der Waals surface area contributed by atoms with Crippen LogP contribution in [0.3, 0.4) is 0 Å². The van der Waals surface area contributed by atoms with Crippen molar-refractivity contribution in [3.63, 3.8) is 0 Å². The zero-order valence-corrected chi connectivity index (χ0v) is 15.6. The van der Waals surface area contributed by atoms with E-state index in [0.717, 1.165) is 35.2 Å². The molecule has 0 radical (unpaired) electrons. The molecule has 1 N–H and O–H groups in total. The number of thioether (sulfide) groups is 1. The highest BCUT2D eigenvalue weighted by Crippen LogP contribution is 2.31. The van der Waals surface area contributed by atoms with Gasteiger partial charge in [-0.1, -0.05) is 30.0 Å². The van der Waals surface area contributed by atoms with Crippen LogP contribution < -0.4 is 10.1 Å². The van der Waals surface area contributed by atoms with Gasteiger partial charge < -0.3 is 10.1 Å². The second-order valence-electron chi connectivity index (χ2n) is 5.92. The van der Waals surface area contributed by atoms with E-state index in [1.807, 2.05) is 0 Å². The molecule has 0 spiro atoms. The van der Waals surface area contributed by atoms with Crippen molar-refractivity contribution < 1.29 is 22.7 Å². The minimum atomic E-state index is -4.41. The average molecular weight is 407 g/mol. The van der Waals surface area contributed by atoms with Gasteiger partial charge in [-0.25, -0.2) is 0 Å². The van der Waals surface area contributed by atoms with Gasteiger partial charge in [0.2, 0.25) is 5.91 Å². The van der Waals surface area contributed by atoms with Crippen LogP contribution in [0.15, 0.2) is 58.7 Å². The summed E-state index contributed by atoms with van der Waals surface area (Å²) in [7, 11) is 1.57. The quantitative estimate of drug-likeness (QED) is 0.604. The number of hydrogen-bond donors (Lipinski definition) is 1. The number of alkyl halides is 3. The first-order valence-electron chi connectivity index (χ1n) is 8.24. The van der Waals surface area contributed by atoms with Crippen molar-refractivity contribution >= 4 is 29.1 Å². The van der Waals surface area contributed by atoms with Crippen LogP contribution in [0, 0.1) is 0 Å². The van der Waals surface area contributed by atoms with Gasteiger partial charge in [0.05, 0.1) is 24.1 Å². The van der Waals surface area contributed by atoms with Crippen LogP contribution in [0.2, 0.25) is 0 Å². The molecular formula is C19H16F3N3O2S. The summed E-state index contributed by atoms with van der Waals surface area (Å²) in [5.74, 6) is 0.417. The normalized spacial score (nSPS) is 18.6. The number of amidine groups is 1. The molecule has 1 amide bonds. The molecule has 2 aromatic carbocycles. The maximum absolute atomic E-state index is 12.8. The SMILES string of the molecule is COc1ccc(/C=N/N=C2\NC(=O)[C@@H](Cc3cccc(C(F)(F)F)c3)S2)cc1. The Morgan fingerprint density at radius 1 is 1.21 bits per heavy atom. The van der Waals surface area contributed by atoms with Gasteiger partial charge in [0.15, 0.2) is 5.17 Å². The highest BCUT2D eigenvalue weighted by Gasteiger charge is 2.33. The Bertz CT molecular complexity index is 911. The monoisotopic (exact) mass is 407 g/mol. The van der Waals surface area contributed by atoms with E-state index < -0.39 is 17.0 Å². The van der Waals surface area contributed by atoms with Gasteiger partial charge in [-0.15, -0.1) is 5.10 Å². The molecule has 28 heavy (non-hydrogen) atoms. The van der Waals surface area contributed by atoms with Crippen LogP contribution in [0.25, 0.3) is 0 Å². The maximum Gasteiger partial charge on any atom is 0.416 e. The number of amides is 1. The van der Waals surface area contributed by atoms with Crippen LogP contribution in [-0.4, -0.2) is 29.6 Å². The number of ether oxygens (including phenoxy) is 1. The van der Waals surface area contributed by atoms with Gasteiger partial charge in [0, 0.05) is 0 Å². The molecule has 1 aliphatic heterocycles. The van der Waals surface area contributed by atoms with Crippen LogP contribution in [0.5, 0.6) is 5.75 Å². The standard InChI is InChI=1S/C19H16F3N3O2S/c1-27-15-7-5-12(6-8-15)11-23-25-18-24-17(26)16(28-18)10-13-3-2-4-14(9-13)19(20,21)22/h2-9,11,16H,10H2,1H3,(H,24,25,26)/b23-11+/t16-/m1/s1. The fourth-order valence-corrected chi connectivity index (χ4v) is 3.48. The smallest absolute Gasteiger partial charge is 0.416 e. The molecule has 3 rings (SSSR count). The van der Waals surface area contributed by atoms with E-state index in [0.29, 0.717) is 10.7 Å². The number of carbonyl (C=O) groups is 1. The summed E-state index contributed by atoms with van der Waals surface area (Å²) >= 11 is 1.14. The van der Waals surface area contributed by atoms with E-state index in [9.17, 15) is 18.0 Å². The lowest BCUT2D eigenvalue weighted by atomic mass is 10.1. The number of rotatable bonds is 5. The van der Waals surface area contributed by atoms with Gasteiger partial charge in [-0.3, -0.25) is 4.79 Å². The highest BCUT2D eigenvalue weighted by atomic mass is 32.2. The summed E-state index contributed by atoms with van der Waals surface area (Å²) in [6.07, 6.45) is -2.72. The Morgan fingerprint density at radius 2 is 1.96 bits per heavy atom. The predicted molar refractivity (Wildman–Crippen MR) is 103 cm³/mol. The molecule has 1 atom stereocenters. The third-order valence-corrected chi connectivity index (χ3v) is 5.00. The lowest BCUT2D eigenvalue weighted by molar-refractivity contribution is -0.137. The Morgan fingerprint density at radius 3 is 2.64 bits per heavy atom. The molecule has 2 aromatic rings. The van der Waals surface area contributed by atoms with E-state index in [1.54, 1.807) is 37.4 Å². The molecule has 0 aliphatic carbocycles. The molecule has 0 unspecified atom stereocenters. The molecule has 1 fully saturated rings. The first kappa shape index (κ1) is 19.9. The molecule has 0 aromatic heterocycles. The lowest BCUT2D eigenvalue weighted by Crippen LogP contribution is -2.26. The first-order valence-corrected chi connectivity index (χ1v) is 9.12. The van der Waals surface area contributed by atoms with Crippen molar-refractivity contribution in [1.29, 1.82) is 0 Å². The van der Waals surface area contributed by atoms with Crippen LogP contribution in [0.4, 0.5) is 13.2 Å². The Hall–Kier alpha value is -2.81. The minimum Gasteiger partial charge on any atom is -0.497 e. The van der Waals surface area contributed by atoms with E-state index in [1.165, 1.54) is 12.3 Å². The van der Waals surface area contributed by atoms with Gasteiger partial charge in [0.1, 0.15) is 5.75 Å². The number of carbonyl (C=O) groups excluding carboxylic acids is 1. The maximum atomic E-state index is 12.8. The van der Waals surface area contributed by atoms with Crippen molar-refractivity contribution in [2.45, 2.75) is 17.8 Å². The minimum absolute atomic E-state index is 0.168. The molecule has 1 saturated heterocycles. The van der Waals surface area contributed by atoms with Crippen LogP contribution in [0.1, 0.15) is 16.7 Å².